The van der Waals surface area contributed by atoms with Crippen molar-refractivity contribution < 1.29 is 9.53 Å². The van der Waals surface area contributed by atoms with Crippen molar-refractivity contribution >= 4 is 5.91 Å². The molecule has 2 heterocycles. The number of fused-ring (bicyclic) bond motifs is 1. The first-order chi connectivity index (χ1) is 9.83. The molecule has 1 aromatic carbocycles. The summed E-state index contributed by atoms with van der Waals surface area (Å²) < 4.78 is 5.64. The minimum atomic E-state index is -0.117. The summed E-state index contributed by atoms with van der Waals surface area (Å²) in [7, 11) is 0. The molecule has 1 amide bonds. The van der Waals surface area contributed by atoms with Gasteiger partial charge < -0.3 is 15.4 Å². The Morgan fingerprint density at radius 3 is 2.95 bits per heavy atom. The number of nitrogens with one attached hydrogen (secondary N) is 2. The topological polar surface area (TPSA) is 50.4 Å². The molecule has 1 saturated heterocycles. The van der Waals surface area contributed by atoms with E-state index in [0.717, 1.165) is 32.4 Å². The molecule has 0 saturated carbocycles. The van der Waals surface area contributed by atoms with Gasteiger partial charge in [-0.2, -0.15) is 0 Å². The van der Waals surface area contributed by atoms with E-state index in [1.807, 2.05) is 12.1 Å². The Bertz CT molecular complexity index is 469. The summed E-state index contributed by atoms with van der Waals surface area (Å²) >= 11 is 0. The molecule has 0 bridgehead atoms. The molecule has 0 spiro atoms. The van der Waals surface area contributed by atoms with E-state index in [2.05, 4.69) is 22.8 Å². The average molecular weight is 274 g/mol. The Morgan fingerprint density at radius 1 is 1.30 bits per heavy atom. The molecule has 2 aliphatic rings. The van der Waals surface area contributed by atoms with E-state index in [1.165, 1.54) is 17.5 Å². The number of carbonyl (C=O) groups excluding carboxylic acids is 1. The molecule has 0 radical (unpaired) electrons. The van der Waals surface area contributed by atoms with Gasteiger partial charge in [-0.15, -0.1) is 0 Å². The first-order valence-corrected chi connectivity index (χ1v) is 7.52. The zero-order valence-corrected chi connectivity index (χ0v) is 11.7. The van der Waals surface area contributed by atoms with Gasteiger partial charge in [0.2, 0.25) is 5.91 Å². The average Bonchev–Trinajstić information content (AvgIpc) is 2.53. The fourth-order valence-electron chi connectivity index (χ4n) is 2.95. The van der Waals surface area contributed by atoms with Crippen LogP contribution in [0.1, 0.15) is 30.4 Å². The van der Waals surface area contributed by atoms with Gasteiger partial charge in [-0.05, 0) is 36.8 Å². The highest BCUT2D eigenvalue weighted by molar-refractivity contribution is 5.82. The molecule has 4 nitrogen and oxygen atoms in total. The van der Waals surface area contributed by atoms with E-state index >= 15 is 0 Å². The number of benzene rings is 1. The number of carbonyl (C=O) groups is 1. The van der Waals surface area contributed by atoms with Crippen molar-refractivity contribution in [2.24, 2.45) is 0 Å². The number of ether oxygens (including phenoxy) is 1. The zero-order chi connectivity index (χ0) is 13.8. The maximum Gasteiger partial charge on any atom is 0.237 e. The summed E-state index contributed by atoms with van der Waals surface area (Å²) in [5, 5.41) is 6.34. The molecule has 108 valence electrons. The van der Waals surface area contributed by atoms with Crippen molar-refractivity contribution in [2.75, 3.05) is 13.2 Å². The van der Waals surface area contributed by atoms with E-state index in [4.69, 9.17) is 4.74 Å². The molecule has 3 rings (SSSR count). The lowest BCUT2D eigenvalue weighted by Crippen LogP contribution is -2.49. The van der Waals surface area contributed by atoms with Crippen LogP contribution >= 0.6 is 0 Å². The van der Waals surface area contributed by atoms with Crippen LogP contribution in [0, 0.1) is 0 Å². The van der Waals surface area contributed by atoms with Crippen molar-refractivity contribution in [3.8, 4) is 0 Å². The highest BCUT2D eigenvalue weighted by Gasteiger charge is 2.24. The highest BCUT2D eigenvalue weighted by atomic mass is 16.5. The van der Waals surface area contributed by atoms with Gasteiger partial charge in [-0.1, -0.05) is 24.3 Å². The third kappa shape index (κ3) is 3.19. The van der Waals surface area contributed by atoms with Crippen LogP contribution in [0.4, 0.5) is 0 Å². The lowest BCUT2D eigenvalue weighted by molar-refractivity contribution is -0.124. The standard InChI is InChI=1S/C16H22N2O2/c19-16(18-11-14-7-3-4-8-20-14)15-9-12-5-1-2-6-13(12)10-17-15/h1-2,5-6,14-15,17H,3-4,7-11H2,(H,18,19). The Balaban J connectivity index is 1.51. The summed E-state index contributed by atoms with van der Waals surface area (Å²) in [6.45, 7) is 2.24. The number of hydrogen-bond acceptors (Lipinski definition) is 3. The maximum atomic E-state index is 12.2. The molecular formula is C16H22N2O2. The second kappa shape index (κ2) is 6.37. The van der Waals surface area contributed by atoms with Crippen LogP contribution < -0.4 is 10.6 Å². The van der Waals surface area contributed by atoms with Crippen LogP contribution in [0.2, 0.25) is 0 Å². The second-order valence-corrected chi connectivity index (χ2v) is 5.64. The van der Waals surface area contributed by atoms with Gasteiger partial charge in [-0.25, -0.2) is 0 Å². The van der Waals surface area contributed by atoms with E-state index in [0.29, 0.717) is 6.54 Å². The van der Waals surface area contributed by atoms with Gasteiger partial charge in [-0.3, -0.25) is 4.79 Å². The van der Waals surface area contributed by atoms with E-state index in [1.54, 1.807) is 0 Å². The SMILES string of the molecule is O=C(NCC1CCCCO1)C1Cc2ccccc2CN1. The third-order valence-corrected chi connectivity index (χ3v) is 4.18. The predicted molar refractivity (Wildman–Crippen MR) is 77.4 cm³/mol. The van der Waals surface area contributed by atoms with Crippen molar-refractivity contribution in [1.82, 2.24) is 10.6 Å². The van der Waals surface area contributed by atoms with Crippen molar-refractivity contribution in [3.63, 3.8) is 0 Å². The van der Waals surface area contributed by atoms with Gasteiger partial charge in [0, 0.05) is 19.7 Å². The fourth-order valence-corrected chi connectivity index (χ4v) is 2.95. The minimum Gasteiger partial charge on any atom is -0.376 e. The quantitative estimate of drug-likeness (QED) is 0.875. The molecule has 2 N–H and O–H groups in total. The normalized spacial score (nSPS) is 25.8. The van der Waals surface area contributed by atoms with Gasteiger partial charge in [0.25, 0.3) is 0 Å². The minimum absolute atomic E-state index is 0.0914. The third-order valence-electron chi connectivity index (χ3n) is 4.18. The Hall–Kier alpha value is -1.39. The van der Waals surface area contributed by atoms with E-state index in [9.17, 15) is 4.79 Å². The number of rotatable bonds is 3. The molecule has 20 heavy (non-hydrogen) atoms. The summed E-state index contributed by atoms with van der Waals surface area (Å²) in [5.74, 6) is 0.0914. The van der Waals surface area contributed by atoms with Crippen LogP contribution in [-0.4, -0.2) is 31.2 Å². The molecule has 2 atom stereocenters. The van der Waals surface area contributed by atoms with E-state index in [-0.39, 0.29) is 18.1 Å². The lowest BCUT2D eigenvalue weighted by atomic mass is 9.95. The zero-order valence-electron chi connectivity index (χ0n) is 11.7. The monoisotopic (exact) mass is 274 g/mol. The Labute approximate surface area is 119 Å². The first-order valence-electron chi connectivity index (χ1n) is 7.52. The Morgan fingerprint density at radius 2 is 2.15 bits per heavy atom. The number of amides is 1. The van der Waals surface area contributed by atoms with Crippen LogP contribution in [0.5, 0.6) is 0 Å². The molecule has 4 heteroatoms. The molecular weight excluding hydrogens is 252 g/mol. The summed E-state index contributed by atoms with van der Waals surface area (Å²) in [6, 6.07) is 8.19. The van der Waals surface area contributed by atoms with E-state index < -0.39 is 0 Å². The maximum absolute atomic E-state index is 12.2. The molecule has 2 aliphatic heterocycles. The molecule has 1 aromatic rings. The predicted octanol–water partition coefficient (Wildman–Crippen LogP) is 1.39. The van der Waals surface area contributed by atoms with Gasteiger partial charge in [0.1, 0.15) is 0 Å². The highest BCUT2D eigenvalue weighted by Crippen LogP contribution is 2.16. The molecule has 0 aromatic heterocycles. The molecule has 1 fully saturated rings. The second-order valence-electron chi connectivity index (χ2n) is 5.64. The number of hydrogen-bond donors (Lipinski definition) is 2. The van der Waals surface area contributed by atoms with Gasteiger partial charge >= 0.3 is 0 Å². The van der Waals surface area contributed by atoms with Crippen LogP contribution in [-0.2, 0) is 22.5 Å². The summed E-state index contributed by atoms with van der Waals surface area (Å²) in [6.07, 6.45) is 4.37. The fraction of sp³-hybridized carbons (Fsp3) is 0.562. The van der Waals surface area contributed by atoms with Crippen molar-refractivity contribution in [1.29, 1.82) is 0 Å². The molecule has 2 unspecified atom stereocenters. The van der Waals surface area contributed by atoms with Crippen molar-refractivity contribution in [2.45, 2.75) is 44.4 Å². The largest absolute Gasteiger partial charge is 0.376 e. The van der Waals surface area contributed by atoms with Crippen LogP contribution in [0.3, 0.4) is 0 Å². The molecule has 0 aliphatic carbocycles. The summed E-state index contributed by atoms with van der Waals surface area (Å²) in [4.78, 5) is 12.2. The summed E-state index contributed by atoms with van der Waals surface area (Å²) in [5.41, 5.74) is 2.58. The van der Waals surface area contributed by atoms with Crippen LogP contribution in [0.25, 0.3) is 0 Å². The van der Waals surface area contributed by atoms with Gasteiger partial charge in [0.15, 0.2) is 0 Å². The van der Waals surface area contributed by atoms with Crippen molar-refractivity contribution in [3.05, 3.63) is 35.4 Å². The smallest absolute Gasteiger partial charge is 0.237 e. The first kappa shape index (κ1) is 13.6. The lowest BCUT2D eigenvalue weighted by Gasteiger charge is -2.27. The Kier molecular flexibility index (Phi) is 4.33. The van der Waals surface area contributed by atoms with Gasteiger partial charge in [0.05, 0.1) is 12.1 Å². The van der Waals surface area contributed by atoms with Crippen LogP contribution in [0.15, 0.2) is 24.3 Å².